The predicted molar refractivity (Wildman–Crippen MR) is 60.2 cm³/mol. The molecule has 0 radical (unpaired) electrons. The van der Waals surface area contributed by atoms with Crippen LogP contribution in [0.2, 0.25) is 0 Å². The summed E-state index contributed by atoms with van der Waals surface area (Å²) in [6, 6.07) is 0.0607. The highest BCUT2D eigenvalue weighted by atomic mass is 19.1. The molecule has 0 bridgehead atoms. The van der Waals surface area contributed by atoms with E-state index in [0.29, 0.717) is 0 Å². The van der Waals surface area contributed by atoms with Crippen LogP contribution in [0.25, 0.3) is 0 Å². The lowest BCUT2D eigenvalue weighted by molar-refractivity contribution is 0.0164. The number of nitrogens with zero attached hydrogens (tertiary/aromatic N) is 1. The number of hydrogen-bond acceptors (Lipinski definition) is 3. The minimum absolute atomic E-state index is 0.0607. The van der Waals surface area contributed by atoms with E-state index < -0.39 is 18.4 Å². The summed E-state index contributed by atoms with van der Waals surface area (Å²) in [5.41, 5.74) is -0.530. The third-order valence-electron chi connectivity index (χ3n) is 2.43. The van der Waals surface area contributed by atoms with Crippen LogP contribution in [0.4, 0.5) is 9.18 Å². The van der Waals surface area contributed by atoms with E-state index in [1.807, 2.05) is 20.8 Å². The second kappa shape index (κ2) is 5.48. The molecule has 0 aromatic carbocycles. The van der Waals surface area contributed by atoms with Crippen LogP contribution >= 0.6 is 0 Å². The number of amides is 1. The van der Waals surface area contributed by atoms with Crippen LogP contribution in [-0.2, 0) is 4.74 Å². The molecule has 1 fully saturated rings. The van der Waals surface area contributed by atoms with Gasteiger partial charge in [-0.15, -0.1) is 0 Å². The first-order valence-electron chi connectivity index (χ1n) is 5.70. The van der Waals surface area contributed by atoms with Gasteiger partial charge in [0.25, 0.3) is 0 Å². The number of carbonyl (C=O) groups is 1. The maximum absolute atomic E-state index is 12.4. The molecule has 1 heterocycles. The van der Waals surface area contributed by atoms with E-state index in [-0.39, 0.29) is 12.6 Å². The maximum atomic E-state index is 12.4. The van der Waals surface area contributed by atoms with Gasteiger partial charge in [0, 0.05) is 12.6 Å². The average molecular weight is 232 g/mol. The molecule has 0 aromatic rings. The Morgan fingerprint density at radius 1 is 1.56 bits per heavy atom. The molecule has 0 aromatic heterocycles. The van der Waals surface area contributed by atoms with Gasteiger partial charge in [0.2, 0.25) is 0 Å². The lowest BCUT2D eigenvalue weighted by Gasteiger charge is -2.30. The Hall–Kier alpha value is -0.840. The van der Waals surface area contributed by atoms with E-state index in [1.165, 1.54) is 4.90 Å². The zero-order valence-corrected chi connectivity index (χ0v) is 10.3. The van der Waals surface area contributed by atoms with Crippen molar-refractivity contribution >= 4 is 6.09 Å². The number of rotatable bonds is 3. The van der Waals surface area contributed by atoms with Crippen LogP contribution in [0.15, 0.2) is 0 Å². The fourth-order valence-electron chi connectivity index (χ4n) is 1.74. The van der Waals surface area contributed by atoms with Crippen molar-refractivity contribution in [3.05, 3.63) is 0 Å². The minimum Gasteiger partial charge on any atom is -0.444 e. The van der Waals surface area contributed by atoms with Crippen molar-refractivity contribution in [2.24, 2.45) is 0 Å². The third kappa shape index (κ3) is 3.96. The number of alkyl halides is 1. The molecule has 4 nitrogen and oxygen atoms in total. The molecule has 1 unspecified atom stereocenters. The van der Waals surface area contributed by atoms with Crippen molar-refractivity contribution in [1.29, 1.82) is 0 Å². The Balaban J connectivity index is 2.57. The van der Waals surface area contributed by atoms with Gasteiger partial charge in [-0.05, 0) is 33.7 Å². The molecule has 1 atom stereocenters. The lowest BCUT2D eigenvalue weighted by Crippen LogP contribution is -2.45. The minimum atomic E-state index is -0.532. The molecule has 1 aliphatic rings. The Morgan fingerprint density at radius 2 is 2.25 bits per heavy atom. The van der Waals surface area contributed by atoms with E-state index in [1.54, 1.807) is 0 Å². The van der Waals surface area contributed by atoms with Crippen molar-refractivity contribution in [2.45, 2.75) is 38.8 Å². The molecule has 0 saturated carbocycles. The highest BCUT2D eigenvalue weighted by Gasteiger charge is 2.29. The average Bonchev–Trinajstić information content (AvgIpc) is 2.63. The van der Waals surface area contributed by atoms with E-state index >= 15 is 0 Å². The van der Waals surface area contributed by atoms with Gasteiger partial charge < -0.3 is 15.0 Å². The SMILES string of the molecule is CC(C)(C)OC(=O)N(CCF)C1CCNC1. The Kier molecular flexibility index (Phi) is 4.53. The topological polar surface area (TPSA) is 41.6 Å². The summed E-state index contributed by atoms with van der Waals surface area (Å²) in [6.07, 6.45) is 0.443. The largest absolute Gasteiger partial charge is 0.444 e. The first-order chi connectivity index (χ1) is 7.44. The number of ether oxygens (including phenoxy) is 1. The monoisotopic (exact) mass is 232 g/mol. The van der Waals surface area contributed by atoms with Crippen LogP contribution in [0.5, 0.6) is 0 Å². The van der Waals surface area contributed by atoms with Crippen molar-refractivity contribution in [3.63, 3.8) is 0 Å². The van der Waals surface area contributed by atoms with Gasteiger partial charge in [-0.2, -0.15) is 0 Å². The molecule has 0 spiro atoms. The highest BCUT2D eigenvalue weighted by molar-refractivity contribution is 5.68. The number of carbonyl (C=O) groups excluding carboxylic acids is 1. The normalized spacial score (nSPS) is 20.9. The van der Waals surface area contributed by atoms with Crippen LogP contribution < -0.4 is 5.32 Å². The van der Waals surface area contributed by atoms with Crippen LogP contribution in [-0.4, -0.2) is 48.9 Å². The number of nitrogens with one attached hydrogen (secondary N) is 1. The highest BCUT2D eigenvalue weighted by Crippen LogP contribution is 2.15. The van der Waals surface area contributed by atoms with Gasteiger partial charge in [-0.25, -0.2) is 9.18 Å². The lowest BCUT2D eigenvalue weighted by atomic mass is 10.2. The molecule has 1 N–H and O–H groups in total. The first-order valence-corrected chi connectivity index (χ1v) is 5.70. The van der Waals surface area contributed by atoms with Gasteiger partial charge in [-0.1, -0.05) is 0 Å². The second-order valence-corrected chi connectivity index (χ2v) is 5.01. The van der Waals surface area contributed by atoms with E-state index in [4.69, 9.17) is 4.74 Å². The van der Waals surface area contributed by atoms with Crippen LogP contribution in [0.1, 0.15) is 27.2 Å². The molecule has 5 heteroatoms. The molecule has 16 heavy (non-hydrogen) atoms. The van der Waals surface area contributed by atoms with Crippen molar-refractivity contribution in [1.82, 2.24) is 10.2 Å². The summed E-state index contributed by atoms with van der Waals surface area (Å²) in [5.74, 6) is 0. The maximum Gasteiger partial charge on any atom is 0.410 e. The van der Waals surface area contributed by atoms with E-state index in [2.05, 4.69) is 5.32 Å². The fourth-order valence-corrected chi connectivity index (χ4v) is 1.74. The summed E-state index contributed by atoms with van der Waals surface area (Å²) in [5, 5.41) is 3.16. The molecular formula is C11H21FN2O2. The summed E-state index contributed by atoms with van der Waals surface area (Å²) in [7, 11) is 0. The summed E-state index contributed by atoms with van der Waals surface area (Å²) in [4.78, 5) is 13.3. The summed E-state index contributed by atoms with van der Waals surface area (Å²) >= 11 is 0. The van der Waals surface area contributed by atoms with Crippen molar-refractivity contribution < 1.29 is 13.9 Å². The zero-order valence-electron chi connectivity index (χ0n) is 10.3. The van der Waals surface area contributed by atoms with Crippen molar-refractivity contribution in [2.75, 3.05) is 26.3 Å². The Labute approximate surface area is 96.1 Å². The van der Waals surface area contributed by atoms with E-state index in [0.717, 1.165) is 19.5 Å². The smallest absolute Gasteiger partial charge is 0.410 e. The third-order valence-corrected chi connectivity index (χ3v) is 2.43. The van der Waals surface area contributed by atoms with Gasteiger partial charge in [0.15, 0.2) is 0 Å². The van der Waals surface area contributed by atoms with Gasteiger partial charge in [-0.3, -0.25) is 0 Å². The number of halogens is 1. The Bertz CT molecular complexity index is 235. The van der Waals surface area contributed by atoms with Gasteiger partial charge >= 0.3 is 6.09 Å². The van der Waals surface area contributed by atoms with Crippen LogP contribution in [0, 0.1) is 0 Å². The predicted octanol–water partition coefficient (Wildman–Crippen LogP) is 1.55. The van der Waals surface area contributed by atoms with Gasteiger partial charge in [0.1, 0.15) is 12.3 Å². The van der Waals surface area contributed by atoms with Crippen LogP contribution in [0.3, 0.4) is 0 Å². The quantitative estimate of drug-likeness (QED) is 0.802. The zero-order chi connectivity index (χ0) is 12.2. The summed E-state index contributed by atoms with van der Waals surface area (Å²) in [6.45, 7) is 6.61. The first kappa shape index (κ1) is 13.2. The van der Waals surface area contributed by atoms with Gasteiger partial charge in [0.05, 0.1) is 6.54 Å². The molecule has 94 valence electrons. The standard InChI is InChI=1S/C11H21FN2O2/c1-11(2,3)16-10(15)14(7-5-12)9-4-6-13-8-9/h9,13H,4-8H2,1-3H3. The Morgan fingerprint density at radius 3 is 2.69 bits per heavy atom. The van der Waals surface area contributed by atoms with E-state index in [9.17, 15) is 9.18 Å². The molecule has 1 rings (SSSR count). The number of hydrogen-bond donors (Lipinski definition) is 1. The summed E-state index contributed by atoms with van der Waals surface area (Å²) < 4.78 is 17.7. The molecule has 1 aliphatic heterocycles. The fraction of sp³-hybridized carbons (Fsp3) is 0.909. The second-order valence-electron chi connectivity index (χ2n) is 5.01. The molecule has 0 aliphatic carbocycles. The van der Waals surface area contributed by atoms with Crippen molar-refractivity contribution in [3.8, 4) is 0 Å². The molecule has 1 saturated heterocycles. The molecule has 1 amide bonds. The molecular weight excluding hydrogens is 211 g/mol.